The summed E-state index contributed by atoms with van der Waals surface area (Å²) in [5, 5.41) is 11.8. The molecule has 0 atom stereocenters. The van der Waals surface area contributed by atoms with Gasteiger partial charge in [-0.3, -0.25) is 5.10 Å². The molecular formula is C19H17N5. The molecule has 4 rings (SSSR count). The van der Waals surface area contributed by atoms with Crippen LogP contribution in [-0.4, -0.2) is 20.2 Å². The maximum absolute atomic E-state index is 4.51. The number of anilines is 1. The Morgan fingerprint density at radius 2 is 1.92 bits per heavy atom. The Balaban J connectivity index is 1.48. The van der Waals surface area contributed by atoms with Crippen molar-refractivity contribution < 1.29 is 0 Å². The molecule has 0 fully saturated rings. The Bertz CT molecular complexity index is 972. The van der Waals surface area contributed by atoms with E-state index in [1.54, 1.807) is 6.20 Å². The van der Waals surface area contributed by atoms with E-state index in [4.69, 9.17) is 0 Å². The molecule has 24 heavy (non-hydrogen) atoms. The monoisotopic (exact) mass is 315 g/mol. The summed E-state index contributed by atoms with van der Waals surface area (Å²) in [7, 11) is 0. The summed E-state index contributed by atoms with van der Waals surface area (Å²) < 4.78 is 0. The number of aromatic nitrogens is 4. The Morgan fingerprint density at radius 3 is 2.79 bits per heavy atom. The zero-order valence-corrected chi connectivity index (χ0v) is 13.3. The number of hydrogen-bond donors (Lipinski definition) is 2. The lowest BCUT2D eigenvalue weighted by molar-refractivity contribution is 0.977. The third-order valence-corrected chi connectivity index (χ3v) is 3.90. The highest BCUT2D eigenvalue weighted by molar-refractivity contribution is 5.76. The normalized spacial score (nSPS) is 10.9. The van der Waals surface area contributed by atoms with Gasteiger partial charge in [-0.15, -0.1) is 0 Å². The quantitative estimate of drug-likeness (QED) is 0.598. The number of aromatic amines is 1. The highest BCUT2D eigenvalue weighted by Crippen LogP contribution is 2.19. The number of hydrogen-bond acceptors (Lipinski definition) is 4. The van der Waals surface area contributed by atoms with Gasteiger partial charge in [0, 0.05) is 17.1 Å². The molecule has 5 nitrogen and oxygen atoms in total. The zero-order valence-electron chi connectivity index (χ0n) is 13.3. The molecule has 0 saturated heterocycles. The molecule has 3 aromatic heterocycles. The first-order chi connectivity index (χ1) is 11.8. The van der Waals surface area contributed by atoms with Crippen molar-refractivity contribution in [3.05, 3.63) is 72.1 Å². The molecule has 0 amide bonds. The average molecular weight is 315 g/mol. The van der Waals surface area contributed by atoms with Crippen LogP contribution in [0.15, 0.2) is 60.8 Å². The van der Waals surface area contributed by atoms with Crippen LogP contribution in [0.4, 0.5) is 5.82 Å². The van der Waals surface area contributed by atoms with Gasteiger partial charge in [0.15, 0.2) is 5.65 Å². The van der Waals surface area contributed by atoms with Crippen LogP contribution < -0.4 is 5.32 Å². The van der Waals surface area contributed by atoms with Crippen LogP contribution in [0.25, 0.3) is 22.3 Å². The van der Waals surface area contributed by atoms with Crippen molar-refractivity contribution in [3.8, 4) is 11.3 Å². The second-order valence-corrected chi connectivity index (χ2v) is 5.74. The summed E-state index contributed by atoms with van der Waals surface area (Å²) in [4.78, 5) is 8.78. The van der Waals surface area contributed by atoms with Crippen LogP contribution in [0.2, 0.25) is 0 Å². The number of pyridine rings is 2. The predicted molar refractivity (Wildman–Crippen MR) is 95.6 cm³/mol. The van der Waals surface area contributed by atoms with Crippen molar-refractivity contribution in [1.29, 1.82) is 0 Å². The molecule has 0 aliphatic heterocycles. The summed E-state index contributed by atoms with van der Waals surface area (Å²) in [5.74, 6) is 0.799. The first kappa shape index (κ1) is 14.4. The van der Waals surface area contributed by atoms with Crippen LogP contribution in [0, 0.1) is 6.92 Å². The van der Waals surface area contributed by atoms with Crippen molar-refractivity contribution in [2.75, 3.05) is 5.32 Å². The summed E-state index contributed by atoms with van der Waals surface area (Å²) in [5.41, 5.74) is 5.05. The van der Waals surface area contributed by atoms with E-state index in [0.717, 1.165) is 33.8 Å². The molecule has 0 aliphatic carbocycles. The minimum absolute atomic E-state index is 0.629. The minimum atomic E-state index is 0.629. The SMILES string of the molecule is Cc1ccc(-c2cc(CNc3ccc4cccnc4n3)[nH]n2)cc1. The van der Waals surface area contributed by atoms with Gasteiger partial charge in [0.2, 0.25) is 0 Å². The second-order valence-electron chi connectivity index (χ2n) is 5.74. The number of H-pyrrole nitrogens is 1. The molecule has 2 N–H and O–H groups in total. The van der Waals surface area contributed by atoms with E-state index >= 15 is 0 Å². The smallest absolute Gasteiger partial charge is 0.161 e. The number of fused-ring (bicyclic) bond motifs is 1. The molecule has 0 radical (unpaired) electrons. The fourth-order valence-corrected chi connectivity index (χ4v) is 2.56. The largest absolute Gasteiger partial charge is 0.364 e. The molecule has 118 valence electrons. The van der Waals surface area contributed by atoms with Gasteiger partial charge >= 0.3 is 0 Å². The Labute approximate surface area is 139 Å². The fraction of sp³-hybridized carbons (Fsp3) is 0.105. The highest BCUT2D eigenvalue weighted by atomic mass is 15.1. The maximum atomic E-state index is 4.51. The molecule has 0 spiro atoms. The van der Waals surface area contributed by atoms with E-state index < -0.39 is 0 Å². The first-order valence-corrected chi connectivity index (χ1v) is 7.85. The molecule has 4 aromatic rings. The number of aryl methyl sites for hydroxylation is 1. The highest BCUT2D eigenvalue weighted by Gasteiger charge is 2.05. The summed E-state index contributed by atoms with van der Waals surface area (Å²) in [6, 6.07) is 18.3. The molecule has 0 bridgehead atoms. The minimum Gasteiger partial charge on any atom is -0.364 e. The number of benzene rings is 1. The van der Waals surface area contributed by atoms with Crippen molar-refractivity contribution in [1.82, 2.24) is 20.2 Å². The maximum Gasteiger partial charge on any atom is 0.161 e. The topological polar surface area (TPSA) is 66.5 Å². The van der Waals surface area contributed by atoms with Gasteiger partial charge in [0.25, 0.3) is 0 Å². The van der Waals surface area contributed by atoms with Crippen LogP contribution >= 0.6 is 0 Å². The lowest BCUT2D eigenvalue weighted by atomic mass is 10.1. The molecule has 0 unspecified atom stereocenters. The van der Waals surface area contributed by atoms with Crippen LogP contribution in [0.1, 0.15) is 11.3 Å². The van der Waals surface area contributed by atoms with E-state index in [1.807, 2.05) is 24.3 Å². The predicted octanol–water partition coefficient (Wildman–Crippen LogP) is 3.94. The van der Waals surface area contributed by atoms with E-state index in [9.17, 15) is 0 Å². The first-order valence-electron chi connectivity index (χ1n) is 7.85. The summed E-state index contributed by atoms with van der Waals surface area (Å²) >= 11 is 0. The van der Waals surface area contributed by atoms with Crippen LogP contribution in [0.5, 0.6) is 0 Å². The van der Waals surface area contributed by atoms with Crippen LogP contribution in [-0.2, 0) is 6.54 Å². The van der Waals surface area contributed by atoms with Gasteiger partial charge in [-0.05, 0) is 37.3 Å². The number of nitrogens with one attached hydrogen (secondary N) is 2. The summed E-state index contributed by atoms with van der Waals surface area (Å²) in [6.45, 7) is 2.71. The number of nitrogens with zero attached hydrogens (tertiary/aromatic N) is 3. The van der Waals surface area contributed by atoms with E-state index in [2.05, 4.69) is 62.7 Å². The fourth-order valence-electron chi connectivity index (χ4n) is 2.56. The van der Waals surface area contributed by atoms with Crippen LogP contribution in [0.3, 0.4) is 0 Å². The van der Waals surface area contributed by atoms with Gasteiger partial charge < -0.3 is 5.32 Å². The zero-order chi connectivity index (χ0) is 16.4. The lowest BCUT2D eigenvalue weighted by Crippen LogP contribution is -2.02. The Kier molecular flexibility index (Phi) is 3.67. The Morgan fingerprint density at radius 1 is 1.04 bits per heavy atom. The average Bonchev–Trinajstić information content (AvgIpc) is 3.09. The molecule has 0 aliphatic rings. The van der Waals surface area contributed by atoms with Crippen molar-refractivity contribution in [2.24, 2.45) is 0 Å². The molecule has 5 heteroatoms. The van der Waals surface area contributed by atoms with Gasteiger partial charge in [-0.2, -0.15) is 5.10 Å². The van der Waals surface area contributed by atoms with E-state index in [1.165, 1.54) is 5.56 Å². The van der Waals surface area contributed by atoms with Gasteiger partial charge in [0.05, 0.1) is 17.9 Å². The van der Waals surface area contributed by atoms with Crippen molar-refractivity contribution >= 4 is 16.9 Å². The molecule has 0 saturated carbocycles. The molecule has 1 aromatic carbocycles. The van der Waals surface area contributed by atoms with Crippen molar-refractivity contribution in [3.63, 3.8) is 0 Å². The van der Waals surface area contributed by atoms with E-state index in [0.29, 0.717) is 6.54 Å². The number of rotatable bonds is 4. The van der Waals surface area contributed by atoms with Crippen molar-refractivity contribution in [2.45, 2.75) is 13.5 Å². The third-order valence-electron chi connectivity index (χ3n) is 3.90. The lowest BCUT2D eigenvalue weighted by Gasteiger charge is -2.04. The van der Waals surface area contributed by atoms with Gasteiger partial charge in [0.1, 0.15) is 5.82 Å². The Hall–Kier alpha value is -3.21. The van der Waals surface area contributed by atoms with Gasteiger partial charge in [-0.25, -0.2) is 9.97 Å². The molecular weight excluding hydrogens is 298 g/mol. The summed E-state index contributed by atoms with van der Waals surface area (Å²) in [6.07, 6.45) is 1.75. The second kappa shape index (κ2) is 6.12. The van der Waals surface area contributed by atoms with E-state index in [-0.39, 0.29) is 0 Å². The third kappa shape index (κ3) is 2.96. The standard InChI is InChI=1S/C19H17N5/c1-13-4-6-14(7-5-13)17-11-16(23-24-17)12-21-18-9-8-15-3-2-10-20-19(15)22-18/h2-11H,12H2,1H3,(H,23,24)(H,20,21,22). The van der Waals surface area contributed by atoms with Gasteiger partial charge in [-0.1, -0.05) is 29.8 Å². The molecule has 3 heterocycles.